The van der Waals surface area contributed by atoms with E-state index in [0.717, 1.165) is 95.0 Å². The van der Waals surface area contributed by atoms with Crippen LogP contribution in [0.25, 0.3) is 55.0 Å². The molecule has 1 aliphatic rings. The van der Waals surface area contributed by atoms with E-state index in [0.29, 0.717) is 0 Å². The minimum atomic E-state index is 0.791. The minimum Gasteiger partial charge on any atom is -0.454 e. The molecule has 9 aromatic carbocycles. The highest BCUT2D eigenvalue weighted by Gasteiger charge is 2.31. The molecule has 0 fully saturated rings. The van der Waals surface area contributed by atoms with Gasteiger partial charge in [0.15, 0.2) is 17.1 Å². The fraction of sp³-hybridized carbons (Fsp3) is 0. The SMILES string of the molecule is c1ccc(-c2ccc(N(c3ccc4cccc5c4c3Oc3c-5cccc3N(c3ccccc3)c3ccccc3)c3cccc4c3oc3ccccc34)cc2)cc1. The number of benzene rings is 9. The van der Waals surface area contributed by atoms with Crippen molar-refractivity contribution in [2.75, 3.05) is 9.80 Å². The summed E-state index contributed by atoms with van der Waals surface area (Å²) in [5.41, 5.74) is 12.0. The van der Waals surface area contributed by atoms with Crippen LogP contribution in [0.5, 0.6) is 11.5 Å². The van der Waals surface area contributed by atoms with Gasteiger partial charge in [-0.1, -0.05) is 146 Å². The van der Waals surface area contributed by atoms with Gasteiger partial charge < -0.3 is 19.0 Å². The van der Waals surface area contributed by atoms with Gasteiger partial charge in [0.25, 0.3) is 0 Å². The topological polar surface area (TPSA) is 28.9 Å². The molecule has 4 nitrogen and oxygen atoms in total. The van der Waals surface area contributed by atoms with E-state index in [4.69, 9.17) is 9.15 Å². The highest BCUT2D eigenvalue weighted by atomic mass is 16.5. The van der Waals surface area contributed by atoms with Gasteiger partial charge in [-0.25, -0.2) is 0 Å². The van der Waals surface area contributed by atoms with Crippen LogP contribution in [0.3, 0.4) is 0 Å². The third-order valence-electron chi connectivity index (χ3n) is 10.8. The van der Waals surface area contributed by atoms with E-state index in [1.807, 2.05) is 12.1 Å². The van der Waals surface area contributed by atoms with Crippen molar-refractivity contribution < 1.29 is 9.15 Å². The van der Waals surface area contributed by atoms with Gasteiger partial charge in [-0.05, 0) is 82.7 Å². The fourth-order valence-electron chi connectivity index (χ4n) is 8.29. The van der Waals surface area contributed by atoms with Crippen LogP contribution in [-0.2, 0) is 0 Å². The molecular weight excluding hydrogens is 685 g/mol. The van der Waals surface area contributed by atoms with Crippen molar-refractivity contribution >= 4 is 66.8 Å². The van der Waals surface area contributed by atoms with Crippen molar-refractivity contribution in [1.82, 2.24) is 0 Å². The molecule has 10 aromatic rings. The molecule has 0 amide bonds. The summed E-state index contributed by atoms with van der Waals surface area (Å²) in [4.78, 5) is 4.58. The highest BCUT2D eigenvalue weighted by Crippen LogP contribution is 2.57. The molecular formula is C52H34N2O2. The van der Waals surface area contributed by atoms with Gasteiger partial charge in [0, 0.05) is 38.8 Å². The van der Waals surface area contributed by atoms with E-state index in [-0.39, 0.29) is 0 Å². The maximum Gasteiger partial charge on any atom is 0.160 e. The first-order valence-electron chi connectivity index (χ1n) is 18.9. The maximum absolute atomic E-state index is 7.41. The Bertz CT molecular complexity index is 3010. The van der Waals surface area contributed by atoms with E-state index in [1.54, 1.807) is 0 Å². The van der Waals surface area contributed by atoms with Gasteiger partial charge in [-0.15, -0.1) is 0 Å². The van der Waals surface area contributed by atoms with Crippen LogP contribution in [0.2, 0.25) is 0 Å². The summed E-state index contributed by atoms with van der Waals surface area (Å²) in [7, 11) is 0. The monoisotopic (exact) mass is 718 g/mol. The predicted octanol–water partition coefficient (Wildman–Crippen LogP) is 15.1. The lowest BCUT2D eigenvalue weighted by atomic mass is 9.93. The van der Waals surface area contributed by atoms with Crippen LogP contribution in [0.1, 0.15) is 0 Å². The molecule has 0 bridgehead atoms. The van der Waals surface area contributed by atoms with E-state index in [2.05, 4.69) is 204 Å². The molecule has 0 N–H and O–H groups in total. The number of furan rings is 1. The lowest BCUT2D eigenvalue weighted by Gasteiger charge is -2.33. The zero-order chi connectivity index (χ0) is 37.0. The zero-order valence-electron chi connectivity index (χ0n) is 30.3. The molecule has 0 saturated carbocycles. The van der Waals surface area contributed by atoms with E-state index < -0.39 is 0 Å². The number of hydrogen-bond acceptors (Lipinski definition) is 4. The Morgan fingerprint density at radius 3 is 1.68 bits per heavy atom. The van der Waals surface area contributed by atoms with Crippen LogP contribution in [-0.4, -0.2) is 0 Å². The summed E-state index contributed by atoms with van der Waals surface area (Å²) in [6, 6.07) is 72.3. The van der Waals surface area contributed by atoms with Crippen molar-refractivity contribution in [2.45, 2.75) is 0 Å². The molecule has 2 heterocycles. The van der Waals surface area contributed by atoms with Gasteiger partial charge in [0.1, 0.15) is 5.58 Å². The number of hydrogen-bond donors (Lipinski definition) is 0. The van der Waals surface area contributed by atoms with E-state index in [9.17, 15) is 0 Å². The van der Waals surface area contributed by atoms with Crippen molar-refractivity contribution in [1.29, 1.82) is 0 Å². The Hall–Kier alpha value is -7.56. The molecule has 0 unspecified atom stereocenters. The lowest BCUT2D eigenvalue weighted by molar-refractivity contribution is 0.489. The summed E-state index contributed by atoms with van der Waals surface area (Å²) in [5, 5.41) is 4.33. The van der Waals surface area contributed by atoms with Gasteiger partial charge in [-0.2, -0.15) is 0 Å². The minimum absolute atomic E-state index is 0.791. The molecule has 0 atom stereocenters. The van der Waals surface area contributed by atoms with Crippen molar-refractivity contribution in [3.63, 3.8) is 0 Å². The van der Waals surface area contributed by atoms with Crippen LogP contribution < -0.4 is 14.5 Å². The molecule has 1 aromatic heterocycles. The van der Waals surface area contributed by atoms with Gasteiger partial charge in [-0.3, -0.25) is 0 Å². The van der Waals surface area contributed by atoms with Gasteiger partial charge >= 0.3 is 0 Å². The molecule has 56 heavy (non-hydrogen) atoms. The Balaban J connectivity index is 1.16. The average molecular weight is 719 g/mol. The summed E-state index contributed by atoms with van der Waals surface area (Å²) in [6.07, 6.45) is 0. The standard InChI is InChI=1S/C52H34N2O2/c1-4-15-35(16-5-1)36-29-32-40(33-30-36)54(46-27-13-24-43-41-22-10-11-28-48(41)55-50(43)46)47-34-31-37-17-12-23-42-44-25-14-26-45(51(44)56-52(47)49(37)42)53(38-18-6-2-7-19-38)39-20-8-3-9-21-39/h1-34H. The van der Waals surface area contributed by atoms with Crippen LogP contribution in [0.4, 0.5) is 34.1 Å². The average Bonchev–Trinajstić information content (AvgIpc) is 3.66. The smallest absolute Gasteiger partial charge is 0.160 e. The molecule has 11 rings (SSSR count). The van der Waals surface area contributed by atoms with E-state index in [1.165, 1.54) is 5.56 Å². The molecule has 0 radical (unpaired) electrons. The van der Waals surface area contributed by atoms with Crippen LogP contribution in [0, 0.1) is 0 Å². The molecule has 0 aliphatic carbocycles. The second-order valence-corrected chi connectivity index (χ2v) is 14.1. The highest BCUT2D eigenvalue weighted by molar-refractivity contribution is 6.13. The fourth-order valence-corrected chi connectivity index (χ4v) is 8.29. The van der Waals surface area contributed by atoms with Crippen LogP contribution >= 0.6 is 0 Å². The Labute approximate surface area is 324 Å². The summed E-state index contributed by atoms with van der Waals surface area (Å²) >= 11 is 0. The zero-order valence-corrected chi connectivity index (χ0v) is 30.3. The number of nitrogens with zero attached hydrogens (tertiary/aromatic N) is 2. The summed E-state index contributed by atoms with van der Waals surface area (Å²) in [5.74, 6) is 1.59. The van der Waals surface area contributed by atoms with Crippen molar-refractivity contribution in [3.05, 3.63) is 206 Å². The second-order valence-electron chi connectivity index (χ2n) is 14.1. The molecule has 0 spiro atoms. The van der Waals surface area contributed by atoms with Gasteiger partial charge in [0.05, 0.1) is 17.1 Å². The second kappa shape index (κ2) is 13.1. The Morgan fingerprint density at radius 2 is 0.911 bits per heavy atom. The molecule has 1 aliphatic heterocycles. The number of ether oxygens (including phenoxy) is 1. The number of para-hydroxylation sites is 5. The molecule has 264 valence electrons. The molecule has 0 saturated heterocycles. The first kappa shape index (κ1) is 31.9. The number of rotatable bonds is 7. The quantitative estimate of drug-likeness (QED) is 0.164. The molecule has 4 heteroatoms. The third-order valence-corrected chi connectivity index (χ3v) is 10.8. The number of fused-ring (bicyclic) bond motifs is 5. The Kier molecular flexibility index (Phi) is 7.46. The lowest BCUT2D eigenvalue weighted by Crippen LogP contribution is -2.14. The number of anilines is 6. The summed E-state index contributed by atoms with van der Waals surface area (Å²) in [6.45, 7) is 0. The first-order valence-corrected chi connectivity index (χ1v) is 18.9. The summed E-state index contributed by atoms with van der Waals surface area (Å²) < 4.78 is 14.1. The van der Waals surface area contributed by atoms with E-state index >= 15 is 0 Å². The predicted molar refractivity (Wildman–Crippen MR) is 232 cm³/mol. The van der Waals surface area contributed by atoms with Crippen molar-refractivity contribution in [2.24, 2.45) is 0 Å². The third kappa shape index (κ3) is 5.15. The van der Waals surface area contributed by atoms with Gasteiger partial charge in [0.2, 0.25) is 0 Å². The normalized spacial score (nSPS) is 11.7. The maximum atomic E-state index is 7.41. The van der Waals surface area contributed by atoms with Crippen molar-refractivity contribution in [3.8, 4) is 33.8 Å². The Morgan fingerprint density at radius 1 is 0.339 bits per heavy atom. The largest absolute Gasteiger partial charge is 0.454 e. The van der Waals surface area contributed by atoms with Crippen LogP contribution in [0.15, 0.2) is 211 Å². The first-order chi connectivity index (χ1) is 27.8.